The minimum atomic E-state index is 0.449. The molecule has 3 aromatic heterocycles. The lowest BCUT2D eigenvalue weighted by molar-refractivity contribution is -0.104. The fraction of sp³-hybridized carbons (Fsp3) is 0.278. The Labute approximate surface area is 260 Å². The predicted octanol–water partition coefficient (Wildman–Crippen LogP) is 6.70. The van der Waals surface area contributed by atoms with Crippen LogP contribution in [0.4, 0.5) is 5.82 Å². The number of allylic oxidation sites excluding steroid dienone is 1. The third kappa shape index (κ3) is 7.83. The molecule has 1 unspecified atom stereocenters. The normalized spacial score (nSPS) is 14.8. The Morgan fingerprint density at radius 2 is 1.70 bits per heavy atom. The molecule has 0 bridgehead atoms. The number of hydrogen-bond donors (Lipinski definition) is 2. The van der Waals surface area contributed by atoms with Crippen LogP contribution in [0.1, 0.15) is 38.7 Å². The van der Waals surface area contributed by atoms with E-state index < -0.39 is 0 Å². The summed E-state index contributed by atoms with van der Waals surface area (Å²) in [5.74, 6) is 1.19. The van der Waals surface area contributed by atoms with Crippen molar-refractivity contribution in [1.82, 2.24) is 29.7 Å². The molecule has 1 fully saturated rings. The van der Waals surface area contributed by atoms with E-state index in [0.717, 1.165) is 59.1 Å². The van der Waals surface area contributed by atoms with Crippen molar-refractivity contribution in [3.63, 3.8) is 0 Å². The van der Waals surface area contributed by atoms with Crippen LogP contribution < -0.4 is 11.1 Å². The first-order valence-corrected chi connectivity index (χ1v) is 15.3. The molecular weight excluding hydrogens is 546 g/mol. The van der Waals surface area contributed by atoms with Crippen molar-refractivity contribution >= 4 is 23.3 Å². The molecule has 0 spiro atoms. The summed E-state index contributed by atoms with van der Waals surface area (Å²) in [5.41, 5.74) is 13.0. The van der Waals surface area contributed by atoms with Gasteiger partial charge in [-0.2, -0.15) is 0 Å². The lowest BCUT2D eigenvalue weighted by Crippen LogP contribution is -2.28. The monoisotopic (exact) mass is 589 g/mol. The number of imidazole rings is 1. The van der Waals surface area contributed by atoms with Crippen LogP contribution in [-0.2, 0) is 11.3 Å². The Hall–Kier alpha value is -4.66. The molecular formula is C36H43N7O. The van der Waals surface area contributed by atoms with Crippen LogP contribution in [0.3, 0.4) is 0 Å². The summed E-state index contributed by atoms with van der Waals surface area (Å²) in [6.45, 7) is 10.3. The molecule has 2 aromatic carbocycles. The van der Waals surface area contributed by atoms with E-state index in [1.165, 1.54) is 30.9 Å². The maximum absolute atomic E-state index is 9.06. The van der Waals surface area contributed by atoms with Crippen LogP contribution in [0.25, 0.3) is 39.5 Å². The van der Waals surface area contributed by atoms with E-state index in [9.17, 15) is 0 Å². The Bertz CT molecular complexity index is 1620. The highest BCUT2D eigenvalue weighted by Crippen LogP contribution is 2.32. The molecule has 5 aromatic rings. The van der Waals surface area contributed by atoms with Crippen molar-refractivity contribution in [3.05, 3.63) is 103 Å². The molecule has 0 amide bonds. The number of nitrogen functional groups attached to an aromatic ring is 1. The van der Waals surface area contributed by atoms with Gasteiger partial charge in [0.15, 0.2) is 11.5 Å². The summed E-state index contributed by atoms with van der Waals surface area (Å²) in [7, 11) is 2.07. The average molecular weight is 590 g/mol. The highest BCUT2D eigenvalue weighted by atomic mass is 16.1. The van der Waals surface area contributed by atoms with Crippen molar-refractivity contribution in [2.24, 2.45) is 0 Å². The van der Waals surface area contributed by atoms with Gasteiger partial charge in [-0.15, -0.1) is 0 Å². The number of carbonyl (C=O) groups excluding carboxylic acids is 1. The van der Waals surface area contributed by atoms with Gasteiger partial charge in [-0.05, 0) is 87.4 Å². The standard InChI is InChI=1S/C31H33N7.C3H4O.C2H6/c1-33-24-9-6-19-37(20-17-24)21-22-11-13-25(14-12-22)38-30(26-10-5-18-34-29(26)32)36-28-16-15-27(35-31(28)38)23-7-3-2-4-8-23;1-2-3-4;1-2/h2-5,7-8,10-16,18,24,33H,6,9,17,19-21H2,1H3,(H2,32,34);2-3H,1H2;1-2H3. The van der Waals surface area contributed by atoms with Crippen molar-refractivity contribution in [2.45, 2.75) is 45.7 Å². The molecule has 1 atom stereocenters. The van der Waals surface area contributed by atoms with Gasteiger partial charge in [0.1, 0.15) is 17.6 Å². The van der Waals surface area contributed by atoms with E-state index in [1.54, 1.807) is 6.20 Å². The van der Waals surface area contributed by atoms with Crippen LogP contribution in [0.15, 0.2) is 97.7 Å². The Morgan fingerprint density at radius 1 is 0.955 bits per heavy atom. The molecule has 0 saturated carbocycles. The number of nitrogens with one attached hydrogen (secondary N) is 1. The van der Waals surface area contributed by atoms with Crippen molar-refractivity contribution in [2.75, 3.05) is 25.9 Å². The number of aromatic nitrogens is 4. The van der Waals surface area contributed by atoms with E-state index in [4.69, 9.17) is 20.5 Å². The van der Waals surface area contributed by atoms with Gasteiger partial charge in [-0.3, -0.25) is 14.3 Å². The number of likely N-dealkylation sites (tertiary alicyclic amines) is 1. The summed E-state index contributed by atoms with van der Waals surface area (Å²) in [6, 6.07) is 27.5. The summed E-state index contributed by atoms with van der Waals surface area (Å²) < 4.78 is 2.10. The van der Waals surface area contributed by atoms with Crippen molar-refractivity contribution in [1.29, 1.82) is 0 Å². The number of nitrogens with zero attached hydrogens (tertiary/aromatic N) is 5. The van der Waals surface area contributed by atoms with Gasteiger partial charge in [-0.25, -0.2) is 15.0 Å². The van der Waals surface area contributed by atoms with Crippen LogP contribution in [0.2, 0.25) is 0 Å². The predicted molar refractivity (Wildman–Crippen MR) is 182 cm³/mol. The minimum absolute atomic E-state index is 0.449. The number of fused-ring (bicyclic) bond motifs is 1. The van der Waals surface area contributed by atoms with Gasteiger partial charge in [0.2, 0.25) is 0 Å². The molecule has 0 aliphatic carbocycles. The topological polar surface area (TPSA) is 102 Å². The molecule has 1 aliphatic rings. The second-order valence-electron chi connectivity index (χ2n) is 10.3. The zero-order valence-electron chi connectivity index (χ0n) is 26.0. The molecule has 4 heterocycles. The number of carbonyl (C=O) groups is 1. The van der Waals surface area contributed by atoms with Gasteiger partial charge in [0.25, 0.3) is 0 Å². The fourth-order valence-electron chi connectivity index (χ4n) is 5.37. The molecule has 8 heteroatoms. The zero-order valence-corrected chi connectivity index (χ0v) is 26.0. The summed E-state index contributed by atoms with van der Waals surface area (Å²) in [6.07, 6.45) is 7.21. The van der Waals surface area contributed by atoms with Crippen molar-refractivity contribution < 1.29 is 4.79 Å². The highest BCUT2D eigenvalue weighted by Gasteiger charge is 2.19. The first-order chi connectivity index (χ1) is 21.6. The molecule has 6 rings (SSSR count). The molecule has 3 N–H and O–H groups in total. The van der Waals surface area contributed by atoms with Gasteiger partial charge in [0, 0.05) is 30.0 Å². The molecule has 8 nitrogen and oxygen atoms in total. The van der Waals surface area contributed by atoms with Crippen LogP contribution in [-0.4, -0.2) is 56.9 Å². The van der Waals surface area contributed by atoms with Gasteiger partial charge < -0.3 is 11.1 Å². The summed E-state index contributed by atoms with van der Waals surface area (Å²) >= 11 is 0. The second kappa shape index (κ2) is 16.3. The third-order valence-corrected chi connectivity index (χ3v) is 7.58. The number of pyridine rings is 2. The Kier molecular flexibility index (Phi) is 11.9. The minimum Gasteiger partial charge on any atom is -0.383 e. The second-order valence-corrected chi connectivity index (χ2v) is 10.3. The number of hydrogen-bond acceptors (Lipinski definition) is 7. The maximum Gasteiger partial charge on any atom is 0.165 e. The van der Waals surface area contributed by atoms with Crippen molar-refractivity contribution in [3.8, 4) is 28.3 Å². The molecule has 1 aliphatic heterocycles. The smallest absolute Gasteiger partial charge is 0.165 e. The highest BCUT2D eigenvalue weighted by molar-refractivity contribution is 5.84. The summed E-state index contributed by atoms with van der Waals surface area (Å²) in [4.78, 5) is 26.0. The number of anilines is 1. The molecule has 228 valence electrons. The van der Waals surface area contributed by atoms with E-state index >= 15 is 0 Å². The summed E-state index contributed by atoms with van der Waals surface area (Å²) in [5, 5.41) is 3.45. The third-order valence-electron chi connectivity index (χ3n) is 7.58. The van der Waals surface area contributed by atoms with Gasteiger partial charge in [-0.1, -0.05) is 62.9 Å². The maximum atomic E-state index is 9.06. The SMILES string of the molecule is C=CC=O.CC.CNC1CCCN(Cc2ccc(-n3c(-c4cccnc4N)nc4ccc(-c5ccccc5)nc43)cc2)CC1. The lowest BCUT2D eigenvalue weighted by Gasteiger charge is -2.20. The number of aldehydes is 1. The van der Waals surface area contributed by atoms with Gasteiger partial charge >= 0.3 is 0 Å². The zero-order chi connectivity index (χ0) is 31.3. The number of nitrogens with two attached hydrogens (primary N) is 1. The van der Waals surface area contributed by atoms with E-state index in [0.29, 0.717) is 18.1 Å². The van der Waals surface area contributed by atoms with E-state index in [2.05, 4.69) is 69.8 Å². The average Bonchev–Trinajstić information content (AvgIpc) is 3.31. The molecule has 0 radical (unpaired) electrons. The van der Waals surface area contributed by atoms with E-state index in [1.807, 2.05) is 56.3 Å². The lowest BCUT2D eigenvalue weighted by atomic mass is 10.1. The first-order valence-electron chi connectivity index (χ1n) is 15.3. The van der Waals surface area contributed by atoms with Crippen LogP contribution in [0, 0.1) is 0 Å². The van der Waals surface area contributed by atoms with E-state index in [-0.39, 0.29) is 0 Å². The fourth-order valence-corrected chi connectivity index (χ4v) is 5.37. The molecule has 1 saturated heterocycles. The quantitative estimate of drug-likeness (QED) is 0.161. The van der Waals surface area contributed by atoms with Crippen LogP contribution in [0.5, 0.6) is 0 Å². The Morgan fingerprint density at radius 3 is 2.39 bits per heavy atom. The number of rotatable bonds is 7. The van der Waals surface area contributed by atoms with Gasteiger partial charge in [0.05, 0.1) is 11.3 Å². The van der Waals surface area contributed by atoms with Crippen LogP contribution >= 0.6 is 0 Å². The molecule has 44 heavy (non-hydrogen) atoms. The first kappa shape index (κ1) is 32.3. The Balaban J connectivity index is 0.000000683. The largest absolute Gasteiger partial charge is 0.383 e. The number of benzene rings is 2.